The fourth-order valence-electron chi connectivity index (χ4n) is 2.15. The molecule has 0 saturated carbocycles. The van der Waals surface area contributed by atoms with E-state index in [-0.39, 0.29) is 11.6 Å². The minimum absolute atomic E-state index is 0.143. The lowest BCUT2D eigenvalue weighted by Crippen LogP contribution is -2.05. The Kier molecular flexibility index (Phi) is 4.44. The summed E-state index contributed by atoms with van der Waals surface area (Å²) in [5.41, 5.74) is 1.35. The van der Waals surface area contributed by atoms with Crippen molar-refractivity contribution in [1.29, 1.82) is 0 Å². The van der Waals surface area contributed by atoms with E-state index in [0.717, 1.165) is 0 Å². The number of nitrogens with zero attached hydrogens (tertiary/aromatic N) is 1. The predicted octanol–water partition coefficient (Wildman–Crippen LogP) is 3.61. The van der Waals surface area contributed by atoms with Crippen LogP contribution < -0.4 is 4.74 Å². The summed E-state index contributed by atoms with van der Waals surface area (Å²) >= 11 is 6.09. The van der Waals surface area contributed by atoms with Crippen LogP contribution >= 0.6 is 11.6 Å². The van der Waals surface area contributed by atoms with Crippen LogP contribution in [0.1, 0.15) is 18.1 Å². The molecule has 0 amide bonds. The minimum Gasteiger partial charge on any atom is -0.427 e. The van der Waals surface area contributed by atoms with Crippen molar-refractivity contribution in [2.24, 2.45) is 4.99 Å². The first-order chi connectivity index (χ1) is 11.5. The Hall–Kier alpha value is -2.92. The molecule has 3 rings (SSSR count). The highest BCUT2D eigenvalue weighted by Crippen LogP contribution is 2.24. The molecule has 0 aromatic heterocycles. The first-order valence-corrected chi connectivity index (χ1v) is 7.46. The van der Waals surface area contributed by atoms with Crippen LogP contribution in [0.5, 0.6) is 5.75 Å². The monoisotopic (exact) mass is 341 g/mol. The van der Waals surface area contributed by atoms with Gasteiger partial charge in [-0.05, 0) is 35.9 Å². The van der Waals surface area contributed by atoms with Gasteiger partial charge in [-0.2, -0.15) is 0 Å². The summed E-state index contributed by atoms with van der Waals surface area (Å²) in [6.45, 7) is 1.32. The van der Waals surface area contributed by atoms with Gasteiger partial charge in [-0.3, -0.25) is 4.79 Å². The van der Waals surface area contributed by atoms with Crippen LogP contribution in [0, 0.1) is 0 Å². The van der Waals surface area contributed by atoms with Gasteiger partial charge in [0.25, 0.3) is 0 Å². The maximum atomic E-state index is 12.0. The van der Waals surface area contributed by atoms with E-state index in [1.807, 2.05) is 0 Å². The maximum absolute atomic E-state index is 12.0. The number of carbonyl (C=O) groups is 2. The number of carbonyl (C=O) groups excluding carboxylic acids is 2. The number of rotatable bonds is 3. The van der Waals surface area contributed by atoms with Crippen LogP contribution in [-0.2, 0) is 14.3 Å². The van der Waals surface area contributed by atoms with Crippen molar-refractivity contribution in [2.45, 2.75) is 6.92 Å². The van der Waals surface area contributed by atoms with Gasteiger partial charge in [0.1, 0.15) is 5.75 Å². The van der Waals surface area contributed by atoms with Gasteiger partial charge in [0.2, 0.25) is 5.90 Å². The normalized spacial score (nSPS) is 15.2. The molecule has 24 heavy (non-hydrogen) atoms. The molecule has 2 aromatic rings. The van der Waals surface area contributed by atoms with Crippen LogP contribution in [0.3, 0.4) is 0 Å². The fourth-order valence-corrected chi connectivity index (χ4v) is 2.37. The third kappa shape index (κ3) is 3.52. The Morgan fingerprint density at radius 3 is 2.75 bits per heavy atom. The zero-order chi connectivity index (χ0) is 17.1. The van der Waals surface area contributed by atoms with Gasteiger partial charge in [0.15, 0.2) is 5.70 Å². The lowest BCUT2D eigenvalue weighted by molar-refractivity contribution is -0.132. The average Bonchev–Trinajstić information content (AvgIpc) is 2.88. The second-order valence-electron chi connectivity index (χ2n) is 4.98. The topological polar surface area (TPSA) is 65.0 Å². The van der Waals surface area contributed by atoms with Crippen molar-refractivity contribution in [3.05, 3.63) is 70.4 Å². The number of esters is 2. The number of benzene rings is 2. The summed E-state index contributed by atoms with van der Waals surface area (Å²) in [4.78, 5) is 27.2. The fraction of sp³-hybridized carbons (Fsp3) is 0.0556. The molecule has 6 heteroatoms. The van der Waals surface area contributed by atoms with Gasteiger partial charge < -0.3 is 9.47 Å². The second kappa shape index (κ2) is 6.68. The zero-order valence-electron chi connectivity index (χ0n) is 12.7. The molecular formula is C18H12ClNO4. The van der Waals surface area contributed by atoms with E-state index >= 15 is 0 Å². The van der Waals surface area contributed by atoms with Crippen LogP contribution in [-0.4, -0.2) is 17.8 Å². The number of halogens is 1. The van der Waals surface area contributed by atoms with Gasteiger partial charge in [0, 0.05) is 6.92 Å². The number of aliphatic imine (C=N–C) groups is 1. The largest absolute Gasteiger partial charge is 0.427 e. The molecular weight excluding hydrogens is 330 g/mol. The quantitative estimate of drug-likeness (QED) is 0.486. The average molecular weight is 342 g/mol. The van der Waals surface area contributed by atoms with Gasteiger partial charge in [0.05, 0.1) is 10.6 Å². The molecule has 0 fully saturated rings. The molecule has 0 radical (unpaired) electrons. The van der Waals surface area contributed by atoms with E-state index in [1.54, 1.807) is 54.6 Å². The van der Waals surface area contributed by atoms with E-state index in [1.165, 1.54) is 6.92 Å². The van der Waals surface area contributed by atoms with Gasteiger partial charge in [-0.1, -0.05) is 35.9 Å². The summed E-state index contributed by atoms with van der Waals surface area (Å²) in [6, 6.07) is 13.7. The third-order valence-electron chi connectivity index (χ3n) is 3.15. The standard InChI is InChI=1S/C18H12ClNO4/c1-11(21)23-13-6-4-5-12(9-13)10-16-18(22)24-17(20-16)14-7-2-3-8-15(14)19/h2-10H,1H3/b16-10-. The molecule has 1 aliphatic rings. The smallest absolute Gasteiger partial charge is 0.363 e. The van der Waals surface area contributed by atoms with Crippen LogP contribution in [0.25, 0.3) is 6.08 Å². The molecule has 0 aliphatic carbocycles. The van der Waals surface area contributed by atoms with E-state index in [0.29, 0.717) is 21.9 Å². The van der Waals surface area contributed by atoms with Gasteiger partial charge >= 0.3 is 11.9 Å². The Bertz CT molecular complexity index is 886. The van der Waals surface area contributed by atoms with E-state index in [9.17, 15) is 9.59 Å². The second-order valence-corrected chi connectivity index (χ2v) is 5.39. The highest BCUT2D eigenvalue weighted by Gasteiger charge is 2.25. The van der Waals surface area contributed by atoms with Crippen molar-refractivity contribution in [1.82, 2.24) is 0 Å². The first-order valence-electron chi connectivity index (χ1n) is 7.09. The molecule has 0 atom stereocenters. The van der Waals surface area contributed by atoms with Crippen LogP contribution in [0.2, 0.25) is 5.02 Å². The molecule has 1 heterocycles. The highest BCUT2D eigenvalue weighted by molar-refractivity contribution is 6.34. The first kappa shape index (κ1) is 16.0. The molecule has 0 saturated heterocycles. The summed E-state index contributed by atoms with van der Waals surface area (Å²) < 4.78 is 10.2. The molecule has 2 aromatic carbocycles. The van der Waals surface area contributed by atoms with Crippen molar-refractivity contribution in [2.75, 3.05) is 0 Å². The molecule has 1 aliphatic heterocycles. The molecule has 0 bridgehead atoms. The Labute approximate surface area is 143 Å². The Morgan fingerprint density at radius 2 is 2.00 bits per heavy atom. The van der Waals surface area contributed by atoms with E-state index in [4.69, 9.17) is 21.1 Å². The number of ether oxygens (including phenoxy) is 2. The minimum atomic E-state index is -0.567. The van der Waals surface area contributed by atoms with Crippen molar-refractivity contribution in [3.63, 3.8) is 0 Å². The summed E-state index contributed by atoms with van der Waals surface area (Å²) in [5, 5.41) is 0.446. The van der Waals surface area contributed by atoms with Crippen molar-refractivity contribution >= 4 is 35.5 Å². The third-order valence-corrected chi connectivity index (χ3v) is 3.48. The van der Waals surface area contributed by atoms with Gasteiger partial charge in [-0.15, -0.1) is 0 Å². The number of hydrogen-bond donors (Lipinski definition) is 0. The highest BCUT2D eigenvalue weighted by atomic mass is 35.5. The van der Waals surface area contributed by atoms with Crippen molar-refractivity contribution < 1.29 is 19.1 Å². The van der Waals surface area contributed by atoms with E-state index < -0.39 is 11.9 Å². The number of cyclic esters (lactones) is 1. The summed E-state index contributed by atoms with van der Waals surface area (Å²) in [5.74, 6) is -0.437. The maximum Gasteiger partial charge on any atom is 0.363 e. The predicted molar refractivity (Wildman–Crippen MR) is 89.8 cm³/mol. The lowest BCUT2D eigenvalue weighted by atomic mass is 10.2. The molecule has 5 nitrogen and oxygen atoms in total. The summed E-state index contributed by atoms with van der Waals surface area (Å²) in [7, 11) is 0. The molecule has 0 unspecified atom stereocenters. The number of hydrogen-bond acceptors (Lipinski definition) is 5. The van der Waals surface area contributed by atoms with Crippen molar-refractivity contribution in [3.8, 4) is 5.75 Å². The molecule has 0 spiro atoms. The van der Waals surface area contributed by atoms with Crippen LogP contribution in [0.4, 0.5) is 0 Å². The molecule has 0 N–H and O–H groups in total. The summed E-state index contributed by atoms with van der Waals surface area (Å²) in [6.07, 6.45) is 1.55. The molecule has 120 valence electrons. The van der Waals surface area contributed by atoms with Gasteiger partial charge in [-0.25, -0.2) is 9.79 Å². The zero-order valence-corrected chi connectivity index (χ0v) is 13.4. The Morgan fingerprint density at radius 1 is 1.21 bits per heavy atom. The van der Waals surface area contributed by atoms with E-state index in [2.05, 4.69) is 4.99 Å². The lowest BCUT2D eigenvalue weighted by Gasteiger charge is -2.01. The SMILES string of the molecule is CC(=O)Oc1cccc(/C=C2\N=C(c3ccccc3Cl)OC2=O)c1. The van der Waals surface area contributed by atoms with Crippen LogP contribution in [0.15, 0.2) is 59.2 Å². The Balaban J connectivity index is 1.92.